The van der Waals surface area contributed by atoms with Crippen molar-refractivity contribution in [2.45, 2.75) is 45.1 Å². The Morgan fingerprint density at radius 3 is 2.60 bits per heavy atom. The first-order chi connectivity index (χ1) is 11.8. The molecular formula is C21H25NO3. The van der Waals surface area contributed by atoms with Gasteiger partial charge in [-0.3, -0.25) is 9.69 Å². The second-order valence-corrected chi connectivity index (χ2v) is 7.12. The van der Waals surface area contributed by atoms with Gasteiger partial charge in [-0.2, -0.15) is 0 Å². The first-order valence-corrected chi connectivity index (χ1v) is 8.43. The van der Waals surface area contributed by atoms with Crippen molar-refractivity contribution in [2.75, 3.05) is 6.54 Å². The van der Waals surface area contributed by atoms with E-state index in [2.05, 4.69) is 12.3 Å². The molecular weight excluding hydrogens is 314 g/mol. The quantitative estimate of drug-likeness (QED) is 0.754. The third-order valence-corrected chi connectivity index (χ3v) is 3.88. The Bertz CT molecular complexity index is 706. The fourth-order valence-corrected chi connectivity index (χ4v) is 2.80. The van der Waals surface area contributed by atoms with E-state index in [9.17, 15) is 9.59 Å². The molecule has 2 rings (SSSR count). The third-order valence-electron chi connectivity index (χ3n) is 3.88. The molecule has 1 aliphatic rings. The van der Waals surface area contributed by atoms with E-state index in [4.69, 9.17) is 4.74 Å². The molecule has 0 saturated carbocycles. The highest BCUT2D eigenvalue weighted by Gasteiger charge is 2.30. The summed E-state index contributed by atoms with van der Waals surface area (Å²) in [6, 6.07) is 9.91. The van der Waals surface area contributed by atoms with Gasteiger partial charge in [0.2, 0.25) is 0 Å². The molecule has 1 amide bonds. The largest absolute Gasteiger partial charge is 0.443 e. The van der Waals surface area contributed by atoms with Crippen LogP contribution in [0.15, 0.2) is 60.5 Å². The summed E-state index contributed by atoms with van der Waals surface area (Å²) in [4.78, 5) is 26.3. The van der Waals surface area contributed by atoms with E-state index in [0.717, 1.165) is 5.56 Å². The van der Waals surface area contributed by atoms with Gasteiger partial charge < -0.3 is 4.74 Å². The molecule has 4 nitrogen and oxygen atoms in total. The minimum absolute atomic E-state index is 0.0197. The molecule has 1 unspecified atom stereocenters. The van der Waals surface area contributed by atoms with Crippen molar-refractivity contribution in [1.82, 2.24) is 4.90 Å². The van der Waals surface area contributed by atoms with Gasteiger partial charge in [0, 0.05) is 18.2 Å². The normalized spacial score (nSPS) is 17.3. The Balaban J connectivity index is 2.27. The van der Waals surface area contributed by atoms with Gasteiger partial charge in [-0.1, -0.05) is 36.9 Å². The smallest absolute Gasteiger partial charge is 0.414 e. The maximum absolute atomic E-state index is 12.6. The van der Waals surface area contributed by atoms with Gasteiger partial charge in [0.25, 0.3) is 0 Å². The molecule has 25 heavy (non-hydrogen) atoms. The number of hydrogen-bond donors (Lipinski definition) is 0. The van der Waals surface area contributed by atoms with E-state index in [1.807, 2.05) is 51.1 Å². The Morgan fingerprint density at radius 1 is 1.32 bits per heavy atom. The van der Waals surface area contributed by atoms with Crippen LogP contribution in [-0.2, 0) is 9.53 Å². The lowest BCUT2D eigenvalue weighted by Gasteiger charge is -2.31. The summed E-state index contributed by atoms with van der Waals surface area (Å²) in [5, 5.41) is 0. The van der Waals surface area contributed by atoms with Gasteiger partial charge >= 0.3 is 6.09 Å². The summed E-state index contributed by atoms with van der Waals surface area (Å²) in [7, 11) is 0. The van der Waals surface area contributed by atoms with E-state index >= 15 is 0 Å². The van der Waals surface area contributed by atoms with Crippen molar-refractivity contribution in [1.29, 1.82) is 0 Å². The van der Waals surface area contributed by atoms with Crippen molar-refractivity contribution in [3.63, 3.8) is 0 Å². The number of carbonyl (C=O) groups is 2. The van der Waals surface area contributed by atoms with E-state index < -0.39 is 11.7 Å². The Labute approximate surface area is 149 Å². The summed E-state index contributed by atoms with van der Waals surface area (Å²) in [6.45, 7) is 9.28. The predicted molar refractivity (Wildman–Crippen MR) is 98.2 cm³/mol. The average Bonchev–Trinajstić information content (AvgIpc) is 2.54. The number of amides is 1. The van der Waals surface area contributed by atoms with E-state index in [1.54, 1.807) is 12.2 Å². The topological polar surface area (TPSA) is 46.6 Å². The zero-order valence-electron chi connectivity index (χ0n) is 15.1. The van der Waals surface area contributed by atoms with Gasteiger partial charge in [-0.25, -0.2) is 4.79 Å². The van der Waals surface area contributed by atoms with Crippen LogP contribution in [-0.4, -0.2) is 28.9 Å². The number of allylic oxidation sites excluding steroid dienone is 2. The first-order valence-electron chi connectivity index (χ1n) is 8.43. The zero-order chi connectivity index (χ0) is 18.4. The van der Waals surface area contributed by atoms with Gasteiger partial charge in [0.1, 0.15) is 5.60 Å². The second-order valence-electron chi connectivity index (χ2n) is 7.12. The molecule has 1 aliphatic carbocycles. The number of hydrogen-bond acceptors (Lipinski definition) is 3. The molecule has 0 bridgehead atoms. The van der Waals surface area contributed by atoms with Crippen molar-refractivity contribution in [2.24, 2.45) is 0 Å². The van der Waals surface area contributed by atoms with Crippen LogP contribution in [0.3, 0.4) is 0 Å². The molecule has 1 aromatic carbocycles. The van der Waals surface area contributed by atoms with Crippen molar-refractivity contribution in [3.8, 4) is 0 Å². The maximum atomic E-state index is 12.6. The van der Waals surface area contributed by atoms with Gasteiger partial charge in [-0.05, 0) is 44.7 Å². The fourth-order valence-electron chi connectivity index (χ4n) is 2.80. The number of rotatable bonds is 4. The highest BCUT2D eigenvalue weighted by molar-refractivity contribution is 5.92. The molecule has 1 aromatic rings. The van der Waals surface area contributed by atoms with Crippen molar-refractivity contribution < 1.29 is 14.3 Å². The molecule has 0 heterocycles. The molecule has 0 aliphatic heterocycles. The van der Waals surface area contributed by atoms with E-state index in [-0.39, 0.29) is 18.2 Å². The van der Waals surface area contributed by atoms with Crippen LogP contribution >= 0.6 is 0 Å². The van der Waals surface area contributed by atoms with Crippen LogP contribution in [0.1, 0.15) is 45.1 Å². The minimum atomic E-state index is -0.606. The van der Waals surface area contributed by atoms with Crippen LogP contribution in [0.5, 0.6) is 0 Å². The number of ether oxygens (including phenoxy) is 1. The second kappa shape index (κ2) is 8.00. The van der Waals surface area contributed by atoms with Gasteiger partial charge in [-0.15, -0.1) is 5.73 Å². The van der Waals surface area contributed by atoms with Crippen molar-refractivity contribution >= 4 is 11.9 Å². The van der Waals surface area contributed by atoms with Gasteiger partial charge in [0.15, 0.2) is 5.78 Å². The zero-order valence-corrected chi connectivity index (χ0v) is 15.1. The summed E-state index contributed by atoms with van der Waals surface area (Å²) in [5.74, 6) is 0.0811. The van der Waals surface area contributed by atoms with E-state index in [0.29, 0.717) is 18.5 Å². The summed E-state index contributed by atoms with van der Waals surface area (Å²) < 4.78 is 5.49. The summed E-state index contributed by atoms with van der Waals surface area (Å²) in [5.41, 5.74) is 3.84. The van der Waals surface area contributed by atoms with Crippen LogP contribution in [0.4, 0.5) is 4.79 Å². The fraction of sp³-hybridized carbons (Fsp3) is 0.381. The third kappa shape index (κ3) is 5.47. The lowest BCUT2D eigenvalue weighted by atomic mass is 9.85. The molecule has 0 fully saturated rings. The first kappa shape index (κ1) is 18.8. The van der Waals surface area contributed by atoms with Crippen LogP contribution < -0.4 is 0 Å². The SMILES string of the molecule is C=C=CCN(C(=O)OC(C)(C)C)C1=CC(=O)CC(c2ccccc2)C1. The number of nitrogens with zero attached hydrogens (tertiary/aromatic N) is 1. The van der Waals surface area contributed by atoms with E-state index in [1.165, 1.54) is 4.90 Å². The molecule has 0 saturated heterocycles. The average molecular weight is 339 g/mol. The Kier molecular flexibility index (Phi) is 6.00. The summed E-state index contributed by atoms with van der Waals surface area (Å²) in [6.07, 6.45) is 3.81. The standard InChI is InChI=1S/C21H25NO3/c1-5-6-12-22(20(24)25-21(2,3)4)18-13-17(14-19(23)15-18)16-10-8-7-9-11-16/h6-11,15,17H,1,12-14H2,2-4H3. The number of benzene rings is 1. The highest BCUT2D eigenvalue weighted by atomic mass is 16.6. The lowest BCUT2D eigenvalue weighted by molar-refractivity contribution is -0.115. The number of ketones is 1. The Morgan fingerprint density at radius 2 is 2.00 bits per heavy atom. The molecule has 0 N–H and O–H groups in total. The monoisotopic (exact) mass is 339 g/mol. The Hall–Kier alpha value is -2.58. The molecule has 132 valence electrons. The predicted octanol–water partition coefficient (Wildman–Crippen LogP) is 4.60. The van der Waals surface area contributed by atoms with Crippen LogP contribution in [0, 0.1) is 0 Å². The molecule has 0 spiro atoms. The molecule has 4 heteroatoms. The number of carbonyl (C=O) groups excluding carboxylic acids is 2. The van der Waals surface area contributed by atoms with Crippen LogP contribution in [0.25, 0.3) is 0 Å². The highest BCUT2D eigenvalue weighted by Crippen LogP contribution is 2.33. The minimum Gasteiger partial charge on any atom is -0.443 e. The molecule has 0 aromatic heterocycles. The molecule has 1 atom stereocenters. The maximum Gasteiger partial charge on any atom is 0.414 e. The van der Waals surface area contributed by atoms with Crippen LogP contribution in [0.2, 0.25) is 0 Å². The molecule has 0 radical (unpaired) electrons. The van der Waals surface area contributed by atoms with Gasteiger partial charge in [0.05, 0.1) is 6.54 Å². The summed E-state index contributed by atoms with van der Waals surface area (Å²) >= 11 is 0. The lowest BCUT2D eigenvalue weighted by Crippen LogP contribution is -2.38. The van der Waals surface area contributed by atoms with Crippen molar-refractivity contribution in [3.05, 3.63) is 66.1 Å².